The maximum atomic E-state index is 13.7. The van der Waals surface area contributed by atoms with Crippen molar-refractivity contribution in [3.05, 3.63) is 0 Å². The van der Waals surface area contributed by atoms with Crippen molar-refractivity contribution in [1.82, 2.24) is 42.1 Å². The van der Waals surface area contributed by atoms with Crippen molar-refractivity contribution in [2.45, 2.75) is 141 Å². The number of aliphatic hydroxyl groups is 1. The molecule has 0 aromatic carbocycles. The maximum absolute atomic E-state index is 13.7. The molecule has 0 aromatic heterocycles. The number of amides is 8. The van der Waals surface area contributed by atoms with Crippen molar-refractivity contribution in [3.63, 3.8) is 0 Å². The van der Waals surface area contributed by atoms with Gasteiger partial charge in [0.05, 0.1) is 6.61 Å². The second-order valence-electron chi connectivity index (χ2n) is 15.6. The number of hydrogen-bond donors (Lipinski definition) is 11. The summed E-state index contributed by atoms with van der Waals surface area (Å²) in [7, 11) is 1.61. The number of thioether (sulfide) groups is 1. The van der Waals surface area contributed by atoms with Crippen molar-refractivity contribution in [2.75, 3.05) is 32.2 Å². The quantitative estimate of drug-likeness (QED) is 0.0343. The molecule has 0 unspecified atom stereocenters. The Hall–Kier alpha value is -4.66. The number of hydrogen-bond acceptors (Lipinski definition) is 11. The molecule has 20 nitrogen and oxygen atoms in total. The molecular formula is C38H69N11O9S. The second-order valence-corrected chi connectivity index (χ2v) is 16.6. The highest BCUT2D eigenvalue weighted by Crippen LogP contribution is 2.27. The van der Waals surface area contributed by atoms with E-state index in [2.05, 4.69) is 37.2 Å². The third-order valence-electron chi connectivity index (χ3n) is 9.95. The van der Waals surface area contributed by atoms with Crippen LogP contribution >= 0.6 is 11.8 Å². The zero-order chi connectivity index (χ0) is 44.8. The van der Waals surface area contributed by atoms with Crippen LogP contribution in [0.4, 0.5) is 0 Å². The zero-order valence-electron chi connectivity index (χ0n) is 35.6. The molecule has 8 amide bonds. The summed E-state index contributed by atoms with van der Waals surface area (Å²) in [6.07, 6.45) is 8.09. The van der Waals surface area contributed by atoms with E-state index in [1.54, 1.807) is 13.3 Å². The molecule has 13 N–H and O–H groups in total. The van der Waals surface area contributed by atoms with Crippen molar-refractivity contribution < 1.29 is 43.5 Å². The van der Waals surface area contributed by atoms with E-state index in [4.69, 9.17) is 16.9 Å². The van der Waals surface area contributed by atoms with Gasteiger partial charge in [0.25, 0.3) is 0 Å². The molecule has 0 spiro atoms. The van der Waals surface area contributed by atoms with Crippen molar-refractivity contribution in [1.29, 1.82) is 5.41 Å². The van der Waals surface area contributed by atoms with Crippen molar-refractivity contribution >= 4 is 65.0 Å². The Morgan fingerprint density at radius 3 is 1.64 bits per heavy atom. The van der Waals surface area contributed by atoms with Gasteiger partial charge in [0.2, 0.25) is 47.3 Å². The molecule has 7 atom stereocenters. The Morgan fingerprint density at radius 1 is 0.695 bits per heavy atom. The van der Waals surface area contributed by atoms with Crippen LogP contribution in [-0.2, 0) is 38.4 Å². The van der Waals surface area contributed by atoms with Gasteiger partial charge < -0.3 is 58.7 Å². The Kier molecular flexibility index (Phi) is 24.1. The molecule has 1 saturated carbocycles. The maximum Gasteiger partial charge on any atom is 0.245 e. The van der Waals surface area contributed by atoms with Crippen LogP contribution in [0.15, 0.2) is 0 Å². The highest BCUT2D eigenvalue weighted by atomic mass is 32.2. The topological polar surface area (TPSA) is 320 Å². The van der Waals surface area contributed by atoms with Crippen LogP contribution in [-0.4, -0.2) is 138 Å². The van der Waals surface area contributed by atoms with Gasteiger partial charge >= 0.3 is 0 Å². The minimum Gasteiger partial charge on any atom is -0.394 e. The number of primary amides is 1. The first-order valence-corrected chi connectivity index (χ1v) is 21.6. The fraction of sp³-hybridized carbons (Fsp3) is 0.763. The van der Waals surface area contributed by atoms with Crippen molar-refractivity contribution in [2.24, 2.45) is 23.3 Å². The third-order valence-corrected chi connectivity index (χ3v) is 10.6. The molecule has 1 rings (SSSR count). The van der Waals surface area contributed by atoms with E-state index in [0.29, 0.717) is 25.1 Å². The first-order chi connectivity index (χ1) is 27.7. The number of rotatable bonds is 26. The molecule has 21 heteroatoms. The molecule has 0 saturated heterocycles. The average Bonchev–Trinajstić information content (AvgIpc) is 3.16. The molecule has 0 aromatic rings. The number of carbonyl (C=O) groups is 8. The van der Waals surface area contributed by atoms with Gasteiger partial charge in [0.1, 0.15) is 42.3 Å². The summed E-state index contributed by atoms with van der Waals surface area (Å²) in [5.74, 6) is -5.02. The summed E-state index contributed by atoms with van der Waals surface area (Å²) in [5, 5.41) is 35.4. The number of guanidine groups is 1. The second kappa shape index (κ2) is 27.2. The molecular weight excluding hydrogens is 787 g/mol. The van der Waals surface area contributed by atoms with Crippen LogP contribution in [0.3, 0.4) is 0 Å². The normalized spacial score (nSPS) is 16.4. The molecule has 0 radical (unpaired) electrons. The van der Waals surface area contributed by atoms with Crippen LogP contribution < -0.4 is 48.7 Å². The van der Waals surface area contributed by atoms with E-state index in [-0.39, 0.29) is 43.0 Å². The number of nitrogens with one attached hydrogen (secondary N) is 8. The van der Waals surface area contributed by atoms with E-state index in [0.717, 1.165) is 32.1 Å². The van der Waals surface area contributed by atoms with Crippen LogP contribution in [0.25, 0.3) is 0 Å². The van der Waals surface area contributed by atoms with Crippen LogP contribution in [0, 0.1) is 17.2 Å². The Morgan fingerprint density at radius 2 is 1.17 bits per heavy atom. The van der Waals surface area contributed by atoms with Gasteiger partial charge in [-0.25, -0.2) is 0 Å². The van der Waals surface area contributed by atoms with Gasteiger partial charge in [-0.2, -0.15) is 11.8 Å². The lowest BCUT2D eigenvalue weighted by Crippen LogP contribution is -2.59. The minimum atomic E-state index is -1.45. The van der Waals surface area contributed by atoms with Crippen LogP contribution in [0.2, 0.25) is 0 Å². The van der Waals surface area contributed by atoms with Crippen LogP contribution in [0.5, 0.6) is 0 Å². The Bertz CT molecular complexity index is 1450. The summed E-state index contributed by atoms with van der Waals surface area (Å²) in [6.45, 7) is 7.21. The van der Waals surface area contributed by atoms with E-state index in [1.165, 1.54) is 37.4 Å². The fourth-order valence-electron chi connectivity index (χ4n) is 6.47. The smallest absolute Gasteiger partial charge is 0.245 e. The number of carbonyl (C=O) groups excluding carboxylic acids is 8. The largest absolute Gasteiger partial charge is 0.394 e. The number of nitrogens with two attached hydrogens (primary N) is 2. The average molecular weight is 856 g/mol. The molecule has 1 aliphatic rings. The minimum absolute atomic E-state index is 0.0103. The zero-order valence-corrected chi connectivity index (χ0v) is 36.4. The first-order valence-electron chi connectivity index (χ1n) is 20.2. The Balaban J connectivity index is 3.05. The van der Waals surface area contributed by atoms with E-state index in [9.17, 15) is 43.5 Å². The molecule has 1 aliphatic carbocycles. The van der Waals surface area contributed by atoms with E-state index in [1.807, 2.05) is 13.8 Å². The van der Waals surface area contributed by atoms with E-state index >= 15 is 0 Å². The summed E-state index contributed by atoms with van der Waals surface area (Å²) in [5.41, 5.74) is 11.0. The molecule has 336 valence electrons. The highest BCUT2D eigenvalue weighted by Gasteiger charge is 2.33. The summed E-state index contributed by atoms with van der Waals surface area (Å²) < 4.78 is 0. The number of nitrogens with zero attached hydrogens (tertiary/aromatic N) is 1. The lowest BCUT2D eigenvalue weighted by Gasteiger charge is -2.28. The Labute approximate surface area is 351 Å². The molecule has 1 fully saturated rings. The predicted molar refractivity (Wildman–Crippen MR) is 224 cm³/mol. The lowest BCUT2D eigenvalue weighted by molar-refractivity contribution is -0.135. The van der Waals surface area contributed by atoms with Gasteiger partial charge in [0.15, 0.2) is 5.96 Å². The lowest BCUT2D eigenvalue weighted by atomic mass is 9.84. The van der Waals surface area contributed by atoms with Gasteiger partial charge in [0, 0.05) is 20.5 Å². The van der Waals surface area contributed by atoms with Gasteiger partial charge in [-0.1, -0.05) is 46.0 Å². The summed E-state index contributed by atoms with van der Waals surface area (Å²) >= 11 is 1.40. The highest BCUT2D eigenvalue weighted by molar-refractivity contribution is 7.98. The van der Waals surface area contributed by atoms with Crippen LogP contribution in [0.1, 0.15) is 98.8 Å². The summed E-state index contributed by atoms with van der Waals surface area (Å²) in [6, 6.07) is -8.05. The predicted octanol–water partition coefficient (Wildman–Crippen LogP) is -1.71. The SMILES string of the molecule is CSCC[C@H](NC(=O)[C@H](C)NC(=O)[C@H](CCCN(C)C(=N)N)NC(=O)[C@H](CC1CCCCC1)NC(C)=O)C(=O)N[C@@H](C)C(=O)N[C@@H](CO)C(=O)N[C@@H](CC(C)C)C(N)=O. The fourth-order valence-corrected chi connectivity index (χ4v) is 6.94. The molecule has 59 heavy (non-hydrogen) atoms. The molecule has 0 heterocycles. The van der Waals surface area contributed by atoms with E-state index < -0.39 is 90.3 Å². The van der Waals surface area contributed by atoms with Gasteiger partial charge in [-0.15, -0.1) is 0 Å². The first kappa shape index (κ1) is 52.4. The van der Waals surface area contributed by atoms with Gasteiger partial charge in [-0.3, -0.25) is 43.8 Å². The monoisotopic (exact) mass is 856 g/mol. The molecule has 0 bridgehead atoms. The summed E-state index contributed by atoms with van der Waals surface area (Å²) in [4.78, 5) is 105. The molecule has 0 aliphatic heterocycles. The number of aliphatic hydroxyl groups excluding tert-OH is 1. The third kappa shape index (κ3) is 20.2. The standard InChI is InChI=1S/C38H69N11O9S/c1-21(2)18-28(31(39)52)47-37(58)30(20-50)48-33(54)23(4)43-35(56)27(15-17-59-7)45-32(53)22(3)42-34(55)26(14-11-16-49(6)38(40)41)46-36(57)29(44-24(5)51)19-25-12-9-8-10-13-25/h21-23,25-30,50H,8-20H2,1-7H3,(H2,39,52)(H3,40,41)(H,42,55)(H,43,56)(H,44,51)(H,45,53)(H,46,57)(H,47,58)(H,48,54)/t22-,23-,26-,27-,28-,29-,30-/m0/s1. The van der Waals surface area contributed by atoms with Crippen molar-refractivity contribution in [3.8, 4) is 0 Å². The van der Waals surface area contributed by atoms with Gasteiger partial charge in [-0.05, 0) is 69.8 Å².